The molecule has 0 saturated heterocycles. The standard InChI is InChI=1S/C12H19NO2/c1-13(2,3)9-10-7-6-8-11(14-4)12(10)15-5/h6-8H,1,9H2,2-5H3. The number of quaternary nitrogens is 1. The van der Waals surface area contributed by atoms with Crippen LogP contribution in [0.1, 0.15) is 5.56 Å². The zero-order valence-electron chi connectivity index (χ0n) is 9.91. The Morgan fingerprint density at radius 2 is 1.87 bits per heavy atom. The summed E-state index contributed by atoms with van der Waals surface area (Å²) in [5.41, 5.74) is 1.11. The van der Waals surface area contributed by atoms with E-state index in [2.05, 4.69) is 7.05 Å². The van der Waals surface area contributed by atoms with Crippen LogP contribution in [-0.2, 0) is 6.54 Å². The number of hydrogen-bond donors (Lipinski definition) is 0. The Labute approximate surface area is 91.8 Å². The molecule has 0 unspecified atom stereocenters. The van der Waals surface area contributed by atoms with Crippen molar-refractivity contribution in [2.75, 3.05) is 28.3 Å². The van der Waals surface area contributed by atoms with Crippen molar-refractivity contribution in [2.45, 2.75) is 6.54 Å². The summed E-state index contributed by atoms with van der Waals surface area (Å²) in [5, 5.41) is 0. The third-order valence-electron chi connectivity index (χ3n) is 2.08. The normalized spacial score (nSPS) is 11.3. The summed E-state index contributed by atoms with van der Waals surface area (Å²) < 4.78 is 11.2. The van der Waals surface area contributed by atoms with E-state index < -0.39 is 0 Å². The Morgan fingerprint density at radius 1 is 1.20 bits per heavy atom. The predicted molar refractivity (Wildman–Crippen MR) is 60.7 cm³/mol. The number of rotatable bonds is 4. The summed E-state index contributed by atoms with van der Waals surface area (Å²) in [7, 11) is 11.4. The molecule has 0 aliphatic heterocycles. The Balaban J connectivity index is 3.06. The molecule has 3 nitrogen and oxygen atoms in total. The molecule has 0 aliphatic carbocycles. The third-order valence-corrected chi connectivity index (χ3v) is 2.08. The molecule has 3 heteroatoms. The zero-order valence-corrected chi connectivity index (χ0v) is 9.91. The van der Waals surface area contributed by atoms with Crippen molar-refractivity contribution in [1.82, 2.24) is 0 Å². The van der Waals surface area contributed by atoms with Crippen LogP contribution in [-0.4, -0.2) is 32.8 Å². The highest BCUT2D eigenvalue weighted by Gasteiger charge is 2.13. The Bertz CT molecular complexity index is 329. The molecule has 84 valence electrons. The summed E-state index contributed by atoms with van der Waals surface area (Å²) in [6.07, 6.45) is 0. The fourth-order valence-electron chi connectivity index (χ4n) is 1.54. The van der Waals surface area contributed by atoms with Crippen LogP contribution in [0.4, 0.5) is 0 Å². The molecule has 0 aromatic heterocycles. The molecule has 0 bridgehead atoms. The minimum absolute atomic E-state index is 0.615. The van der Waals surface area contributed by atoms with Gasteiger partial charge in [0.15, 0.2) is 11.5 Å². The molecular formula is C12H19NO2. The summed E-state index contributed by atoms with van der Waals surface area (Å²) in [4.78, 5) is 0. The van der Waals surface area contributed by atoms with E-state index in [1.807, 2.05) is 32.3 Å². The van der Waals surface area contributed by atoms with Crippen molar-refractivity contribution in [3.63, 3.8) is 0 Å². The largest absolute Gasteiger partial charge is 0.493 e. The first-order valence-electron chi connectivity index (χ1n) is 4.85. The van der Waals surface area contributed by atoms with Gasteiger partial charge in [-0.05, 0) is 12.1 Å². The molecule has 1 aromatic carbocycles. The first-order chi connectivity index (χ1) is 6.98. The van der Waals surface area contributed by atoms with E-state index in [4.69, 9.17) is 9.47 Å². The molecule has 1 aromatic rings. The van der Waals surface area contributed by atoms with E-state index in [1.165, 1.54) is 0 Å². The lowest BCUT2D eigenvalue weighted by Crippen LogP contribution is -2.30. The molecule has 0 saturated carbocycles. The number of benzene rings is 1. The number of methoxy groups -OCH3 is 2. The van der Waals surface area contributed by atoms with Gasteiger partial charge in [0.25, 0.3) is 0 Å². The van der Waals surface area contributed by atoms with Crippen molar-refractivity contribution in [3.8, 4) is 11.5 Å². The highest BCUT2D eigenvalue weighted by atomic mass is 16.5. The second-order valence-corrected chi connectivity index (χ2v) is 4.25. The van der Waals surface area contributed by atoms with Crippen LogP contribution in [0.25, 0.3) is 0 Å². The summed E-state index contributed by atoms with van der Waals surface area (Å²) >= 11 is 0. The first-order valence-corrected chi connectivity index (χ1v) is 4.85. The first kappa shape index (κ1) is 11.9. The number of nitrogens with zero attached hydrogens (tertiary/aromatic N) is 1. The minimum atomic E-state index is 0.615. The fraction of sp³-hybridized carbons (Fsp3) is 0.417. The molecule has 1 rings (SSSR count). The topological polar surface area (TPSA) is 18.5 Å². The number of ether oxygens (including phenoxy) is 2. The SMILES string of the molecule is [CH2-][N+](C)(C)Cc1cccc(OC)c1OC. The lowest BCUT2D eigenvalue weighted by molar-refractivity contribution is -0.859. The van der Waals surface area contributed by atoms with Crippen molar-refractivity contribution < 1.29 is 14.0 Å². The molecule has 15 heavy (non-hydrogen) atoms. The van der Waals surface area contributed by atoms with Crippen LogP contribution in [0, 0.1) is 7.05 Å². The van der Waals surface area contributed by atoms with Gasteiger partial charge in [0.1, 0.15) is 0 Å². The minimum Gasteiger partial charge on any atom is -0.493 e. The smallest absolute Gasteiger partial charge is 0.169 e. The van der Waals surface area contributed by atoms with Crippen molar-refractivity contribution in [1.29, 1.82) is 0 Å². The van der Waals surface area contributed by atoms with Crippen LogP contribution < -0.4 is 9.47 Å². The number of para-hydroxylation sites is 1. The van der Waals surface area contributed by atoms with Gasteiger partial charge in [0.2, 0.25) is 0 Å². The monoisotopic (exact) mass is 209 g/mol. The van der Waals surface area contributed by atoms with Gasteiger partial charge >= 0.3 is 0 Å². The van der Waals surface area contributed by atoms with Crippen LogP contribution in [0.5, 0.6) is 11.5 Å². The summed E-state index contributed by atoms with van der Waals surface area (Å²) in [6, 6.07) is 5.89. The van der Waals surface area contributed by atoms with Gasteiger partial charge in [-0.1, -0.05) is 6.07 Å². The Morgan fingerprint density at radius 3 is 2.33 bits per heavy atom. The maximum atomic E-state index is 5.35. The van der Waals surface area contributed by atoms with Gasteiger partial charge in [0.05, 0.1) is 20.8 Å². The van der Waals surface area contributed by atoms with Gasteiger partial charge in [-0.3, -0.25) is 0 Å². The molecule has 0 aliphatic rings. The van der Waals surface area contributed by atoms with Gasteiger partial charge < -0.3 is 14.0 Å². The molecule has 0 radical (unpaired) electrons. The number of hydrogen-bond acceptors (Lipinski definition) is 2. The molecule has 0 N–H and O–H groups in total. The molecule has 0 spiro atoms. The van der Waals surface area contributed by atoms with Gasteiger partial charge in [-0.15, -0.1) is 7.05 Å². The Kier molecular flexibility index (Phi) is 3.58. The zero-order chi connectivity index (χ0) is 11.5. The van der Waals surface area contributed by atoms with Crippen LogP contribution >= 0.6 is 0 Å². The predicted octanol–water partition coefficient (Wildman–Crippen LogP) is 2.07. The lowest BCUT2D eigenvalue weighted by Gasteiger charge is -2.33. The highest BCUT2D eigenvalue weighted by Crippen LogP contribution is 2.31. The van der Waals surface area contributed by atoms with E-state index in [1.54, 1.807) is 14.2 Å². The average molecular weight is 209 g/mol. The van der Waals surface area contributed by atoms with E-state index in [-0.39, 0.29) is 0 Å². The Hall–Kier alpha value is -1.22. The van der Waals surface area contributed by atoms with Crippen molar-refractivity contribution in [3.05, 3.63) is 30.8 Å². The van der Waals surface area contributed by atoms with Crippen LogP contribution in [0.3, 0.4) is 0 Å². The summed E-state index contributed by atoms with van der Waals surface area (Å²) in [5.74, 6) is 1.57. The molecule has 0 amide bonds. The molecule has 0 fully saturated rings. The van der Waals surface area contributed by atoms with Crippen molar-refractivity contribution in [2.24, 2.45) is 0 Å². The van der Waals surface area contributed by atoms with E-state index in [9.17, 15) is 0 Å². The van der Waals surface area contributed by atoms with Gasteiger partial charge in [-0.2, -0.15) is 0 Å². The van der Waals surface area contributed by atoms with Crippen LogP contribution in [0.2, 0.25) is 0 Å². The molecule has 0 heterocycles. The van der Waals surface area contributed by atoms with Crippen LogP contribution in [0.15, 0.2) is 18.2 Å². The van der Waals surface area contributed by atoms with Gasteiger partial charge in [0, 0.05) is 19.7 Å². The quantitative estimate of drug-likeness (QED) is 0.558. The van der Waals surface area contributed by atoms with E-state index >= 15 is 0 Å². The summed E-state index contributed by atoms with van der Waals surface area (Å²) in [6.45, 7) is 0.806. The maximum absolute atomic E-state index is 5.35. The second kappa shape index (κ2) is 4.53. The van der Waals surface area contributed by atoms with E-state index in [0.29, 0.717) is 4.48 Å². The average Bonchev–Trinajstić information content (AvgIpc) is 2.15. The third kappa shape index (κ3) is 3.13. The fourth-order valence-corrected chi connectivity index (χ4v) is 1.54. The highest BCUT2D eigenvalue weighted by molar-refractivity contribution is 5.46. The molecular weight excluding hydrogens is 190 g/mol. The van der Waals surface area contributed by atoms with Gasteiger partial charge in [-0.25, -0.2) is 0 Å². The molecule has 0 atom stereocenters. The van der Waals surface area contributed by atoms with Crippen molar-refractivity contribution >= 4 is 0 Å². The van der Waals surface area contributed by atoms with E-state index in [0.717, 1.165) is 23.6 Å². The maximum Gasteiger partial charge on any atom is 0.169 e. The lowest BCUT2D eigenvalue weighted by atomic mass is 10.1. The second-order valence-electron chi connectivity index (χ2n) is 4.25.